The van der Waals surface area contributed by atoms with Crippen LogP contribution in [0, 0.1) is 5.92 Å². The summed E-state index contributed by atoms with van der Waals surface area (Å²) in [5, 5.41) is 11.3. The van der Waals surface area contributed by atoms with Crippen molar-refractivity contribution in [3.8, 4) is 0 Å². The Morgan fingerprint density at radius 2 is 0.568 bits per heavy atom. The number of allylic oxidation sites excluding steroid dienone is 14. The van der Waals surface area contributed by atoms with E-state index in [4.69, 9.17) is 33.2 Å². The number of ether oxygens (including phenoxy) is 7. The zero-order valence-corrected chi connectivity index (χ0v) is 79.6. The Kier molecular flexibility index (Phi) is 87.5. The van der Waals surface area contributed by atoms with Gasteiger partial charge in [0, 0.05) is 90.1 Å². The minimum Gasteiger partial charge on any atom is -0.464 e. The van der Waals surface area contributed by atoms with Crippen LogP contribution in [0.5, 0.6) is 0 Å². The molecule has 2 atom stereocenters. The second-order valence-electron chi connectivity index (χ2n) is 32.9. The molecule has 0 aromatic rings. The first-order valence-electron chi connectivity index (χ1n) is 49.7. The Labute approximate surface area is 758 Å². The molecule has 125 heavy (non-hydrogen) atoms. The molecule has 0 aliphatic heterocycles. The molecule has 0 spiro atoms. The van der Waals surface area contributed by atoms with E-state index in [1.165, 1.54) is 67.6 Å². The van der Waals surface area contributed by atoms with Gasteiger partial charge in [0.25, 0.3) is 0 Å². The van der Waals surface area contributed by atoms with Crippen LogP contribution in [-0.2, 0) is 81.1 Å². The Morgan fingerprint density at radius 3 is 0.912 bits per heavy atom. The maximum atomic E-state index is 13.6. The molecule has 6 amide bonds. The van der Waals surface area contributed by atoms with Crippen molar-refractivity contribution in [1.82, 2.24) is 31.1 Å². The lowest BCUT2D eigenvalue weighted by Crippen LogP contribution is -2.45. The largest absolute Gasteiger partial charge is 0.464 e. The molecule has 0 radical (unpaired) electrons. The molecule has 0 fully saturated rings. The van der Waals surface area contributed by atoms with Crippen LogP contribution in [0.15, 0.2) is 85.1 Å². The van der Waals surface area contributed by atoms with Crippen molar-refractivity contribution >= 4 is 59.3 Å². The lowest BCUT2D eigenvalue weighted by atomic mass is 10.0. The highest BCUT2D eigenvalue weighted by molar-refractivity contribution is 5.89. The molecule has 0 aliphatic carbocycles. The minimum atomic E-state index is -0.853. The molecular weight excluding hydrogens is 1580 g/mol. The van der Waals surface area contributed by atoms with Crippen LogP contribution in [0.1, 0.15) is 382 Å². The number of carbonyl (C=O) groups excluding carboxylic acids is 10. The highest BCUT2D eigenvalue weighted by Crippen LogP contribution is 2.16. The summed E-state index contributed by atoms with van der Waals surface area (Å²) in [5.41, 5.74) is 0. The van der Waals surface area contributed by atoms with Crippen LogP contribution < -0.4 is 21.3 Å². The number of amides is 6. The monoisotopic (exact) mass is 1760 g/mol. The van der Waals surface area contributed by atoms with Crippen LogP contribution in [0.2, 0.25) is 0 Å². The minimum absolute atomic E-state index is 0.00979. The van der Waals surface area contributed by atoms with E-state index in [1.54, 1.807) is 6.92 Å². The van der Waals surface area contributed by atoms with Gasteiger partial charge in [-0.25, -0.2) is 0 Å². The smallest absolute Gasteiger partial charge is 0.305 e. The Morgan fingerprint density at radius 1 is 0.272 bits per heavy atom. The van der Waals surface area contributed by atoms with Crippen molar-refractivity contribution in [2.45, 2.75) is 388 Å². The van der Waals surface area contributed by atoms with Crippen LogP contribution in [0.3, 0.4) is 0 Å². The topological polar surface area (TPSA) is 290 Å². The summed E-state index contributed by atoms with van der Waals surface area (Å²) in [4.78, 5) is 132. The average Bonchev–Trinajstić information content (AvgIpc) is 0.923. The first-order chi connectivity index (χ1) is 61.1. The molecule has 0 heterocycles. The van der Waals surface area contributed by atoms with Gasteiger partial charge in [-0.1, -0.05) is 242 Å². The van der Waals surface area contributed by atoms with E-state index in [9.17, 15) is 47.9 Å². The highest BCUT2D eigenvalue weighted by Gasteiger charge is 2.22. The summed E-state index contributed by atoms with van der Waals surface area (Å²) in [6, 6.07) is -0.853. The number of rotatable bonds is 91. The molecule has 0 rings (SSSR count). The van der Waals surface area contributed by atoms with Crippen molar-refractivity contribution in [3.63, 3.8) is 0 Å². The fourth-order valence-electron chi connectivity index (χ4n) is 13.5. The first kappa shape index (κ1) is 118. The predicted molar refractivity (Wildman–Crippen MR) is 507 cm³/mol. The predicted octanol–water partition coefficient (Wildman–Crippen LogP) is 21.0. The second-order valence-corrected chi connectivity index (χ2v) is 32.9. The molecule has 4 N–H and O–H groups in total. The van der Waals surface area contributed by atoms with Crippen LogP contribution in [0.4, 0.5) is 0 Å². The van der Waals surface area contributed by atoms with Gasteiger partial charge in [-0.05, 0) is 174 Å². The SMILES string of the molecule is CC/C=C\CCCCCCCC(=O)OCCN(CCOC(=O)CCCCCCC/C=C\C/C=C\CCCCC)C(=O)CCC(=O)NCCCCC(C)C(=O)NCCCOCCOCCOCCCNC(=O)C(C)NC(=O)CCC(=O)N(CCOC(=O)CCCCCCC/C=C\C/C=C\CCCCC)CCOC(=O)CCCCCCC/C=C\C/C=C\CCCCC. The van der Waals surface area contributed by atoms with E-state index < -0.39 is 11.9 Å². The summed E-state index contributed by atoms with van der Waals surface area (Å²) in [6.07, 6.45) is 78.3. The maximum Gasteiger partial charge on any atom is 0.305 e. The third kappa shape index (κ3) is 84.7. The molecule has 2 unspecified atom stereocenters. The van der Waals surface area contributed by atoms with Gasteiger partial charge < -0.3 is 64.2 Å². The number of hydrogen-bond acceptors (Lipinski definition) is 17. The molecule has 23 heteroatoms. The lowest BCUT2D eigenvalue weighted by Gasteiger charge is -2.23. The molecule has 0 saturated heterocycles. The number of nitrogens with zero attached hydrogens (tertiary/aromatic N) is 2. The number of esters is 4. The van der Waals surface area contributed by atoms with Crippen molar-refractivity contribution in [3.05, 3.63) is 85.1 Å². The Bertz CT molecular complexity index is 2810. The van der Waals surface area contributed by atoms with Gasteiger partial charge in [0.05, 0.1) is 52.6 Å². The third-order valence-electron chi connectivity index (χ3n) is 21.4. The molecule has 0 saturated carbocycles. The van der Waals surface area contributed by atoms with Gasteiger partial charge in [0.2, 0.25) is 35.4 Å². The molecule has 0 bridgehead atoms. The highest BCUT2D eigenvalue weighted by atomic mass is 16.6. The molecule has 23 nitrogen and oxygen atoms in total. The first-order valence-corrected chi connectivity index (χ1v) is 49.7. The molecular formula is C102H178N6O17. The second kappa shape index (κ2) is 92.9. The molecule has 0 aliphatic rings. The van der Waals surface area contributed by atoms with Crippen LogP contribution in [-0.4, -0.2) is 187 Å². The summed E-state index contributed by atoms with van der Waals surface area (Å²) < 4.78 is 39.1. The molecule has 0 aromatic carbocycles. The quantitative estimate of drug-likeness (QED) is 0.0190. The van der Waals surface area contributed by atoms with E-state index in [0.717, 1.165) is 205 Å². The van der Waals surface area contributed by atoms with Gasteiger partial charge in [-0.3, -0.25) is 47.9 Å². The maximum absolute atomic E-state index is 13.6. The number of carbonyl (C=O) groups is 10. The average molecular weight is 1760 g/mol. The van der Waals surface area contributed by atoms with Gasteiger partial charge in [-0.2, -0.15) is 0 Å². The standard InChI is InChI=1S/C102H178N6O17/c1-7-11-15-19-23-27-30-33-36-39-42-46-50-54-58-67-98(114)123-84-78-107(77-83-122-97(113)66-57-53-49-45-26-22-18-14-10-4)95(111)72-70-93(109)103-74-62-61-65-91(5)101(117)104-75-63-81-119-87-89-121-90-88-120-82-64-76-105-102(118)92(6)106-94(110)71-73-96(112)108(79-85-124-99(115)68-59-55-51-47-43-40-37-34-31-28-24-20-16-12-8-2)80-86-125-100(116)69-60-56-52-48-44-41-38-35-32-29-25-21-17-13-9-3/h14,18,23-25,27-29,33-38,91-92H,7-13,15-17,19-22,26,30-32,39-90H2,1-6H3,(H,103,109)(H,104,117)(H,105,118)(H,106,110)/b18-14-,27-23-,28-24-,29-25-,36-33-,37-34-,38-35-. The number of unbranched alkanes of at least 4 members (excludes halogenated alkanes) is 30. The van der Waals surface area contributed by atoms with Crippen LogP contribution in [0.25, 0.3) is 0 Å². The molecule has 718 valence electrons. The van der Waals surface area contributed by atoms with E-state index in [1.807, 2.05) is 6.92 Å². The summed E-state index contributed by atoms with van der Waals surface area (Å²) in [6.45, 7) is 16.1. The number of hydrogen-bond donors (Lipinski definition) is 4. The van der Waals surface area contributed by atoms with Crippen LogP contribution >= 0.6 is 0 Å². The summed E-state index contributed by atoms with van der Waals surface area (Å²) >= 11 is 0. The zero-order chi connectivity index (χ0) is 91.3. The lowest BCUT2D eigenvalue weighted by molar-refractivity contribution is -0.148. The number of nitrogens with one attached hydrogen (secondary N) is 4. The summed E-state index contributed by atoms with van der Waals surface area (Å²) in [5.74, 6) is -3.32. The Balaban J connectivity index is 4.63. The zero-order valence-electron chi connectivity index (χ0n) is 79.6. The van der Waals surface area contributed by atoms with E-state index in [-0.39, 0.29) is 150 Å². The fraction of sp³-hybridized carbons (Fsp3) is 0.765. The van der Waals surface area contributed by atoms with Gasteiger partial charge >= 0.3 is 23.9 Å². The summed E-state index contributed by atoms with van der Waals surface area (Å²) in [7, 11) is 0. The van der Waals surface area contributed by atoms with E-state index in [2.05, 4.69) is 134 Å². The normalized spacial score (nSPS) is 12.2. The van der Waals surface area contributed by atoms with Gasteiger partial charge in [0.1, 0.15) is 32.5 Å². The van der Waals surface area contributed by atoms with E-state index >= 15 is 0 Å². The van der Waals surface area contributed by atoms with Crippen molar-refractivity contribution < 1.29 is 81.1 Å². The van der Waals surface area contributed by atoms with Gasteiger partial charge in [0.15, 0.2) is 0 Å². The van der Waals surface area contributed by atoms with Crippen molar-refractivity contribution in [2.75, 3.05) is 112 Å². The third-order valence-corrected chi connectivity index (χ3v) is 21.4. The van der Waals surface area contributed by atoms with Crippen molar-refractivity contribution in [1.29, 1.82) is 0 Å². The van der Waals surface area contributed by atoms with Crippen molar-refractivity contribution in [2.24, 2.45) is 5.92 Å². The molecule has 0 aromatic heterocycles. The van der Waals surface area contributed by atoms with E-state index in [0.29, 0.717) is 97.8 Å². The van der Waals surface area contributed by atoms with Gasteiger partial charge in [-0.15, -0.1) is 0 Å². The fourth-order valence-corrected chi connectivity index (χ4v) is 13.5. The Hall–Kier alpha value is -7.24.